The first-order valence-electron chi connectivity index (χ1n) is 4.54. The van der Waals surface area contributed by atoms with E-state index in [4.69, 9.17) is 9.78 Å². The second-order valence-corrected chi connectivity index (χ2v) is 3.45. The predicted octanol–water partition coefficient (Wildman–Crippen LogP) is 3.09. The monoisotopic (exact) mass is 172 g/mol. The molecule has 2 heteroatoms. The Morgan fingerprint density at radius 3 is 2.50 bits per heavy atom. The Morgan fingerprint density at radius 2 is 2.00 bits per heavy atom. The fraction of sp³-hybridized carbons (Fsp3) is 0.800. The van der Waals surface area contributed by atoms with Crippen LogP contribution in [-0.4, -0.2) is 12.2 Å². The van der Waals surface area contributed by atoms with Gasteiger partial charge in [-0.3, -0.25) is 0 Å². The molecule has 0 bridgehead atoms. The van der Waals surface area contributed by atoms with Gasteiger partial charge in [0.15, 0.2) is 0 Å². The minimum Gasteiger partial charge on any atom is -0.232 e. The lowest BCUT2D eigenvalue weighted by Gasteiger charge is -2.22. The van der Waals surface area contributed by atoms with Gasteiger partial charge in [0.25, 0.3) is 0 Å². The fourth-order valence-electron chi connectivity index (χ4n) is 0.973. The van der Waals surface area contributed by atoms with E-state index >= 15 is 0 Å². The lowest BCUT2D eigenvalue weighted by atomic mass is 10.0. The molecule has 0 rings (SSSR count). The second-order valence-electron chi connectivity index (χ2n) is 3.45. The molecule has 72 valence electrons. The summed E-state index contributed by atoms with van der Waals surface area (Å²) in [5.41, 5.74) is -0.156. The summed E-state index contributed by atoms with van der Waals surface area (Å²) in [6.45, 7) is 8.69. The molecule has 0 saturated heterocycles. The molecule has 12 heavy (non-hydrogen) atoms. The van der Waals surface area contributed by atoms with Crippen molar-refractivity contribution in [2.24, 2.45) is 0 Å². The molecule has 2 nitrogen and oxygen atoms in total. The molecule has 0 aliphatic rings. The van der Waals surface area contributed by atoms with Gasteiger partial charge in [-0.1, -0.05) is 25.5 Å². The van der Waals surface area contributed by atoms with Gasteiger partial charge in [-0.05, 0) is 27.2 Å². The van der Waals surface area contributed by atoms with E-state index in [1.54, 1.807) is 0 Å². The summed E-state index contributed by atoms with van der Waals surface area (Å²) in [4.78, 5) is 10.2. The van der Waals surface area contributed by atoms with Crippen LogP contribution in [0.2, 0.25) is 0 Å². The second kappa shape index (κ2) is 6.21. The molecule has 0 amide bonds. The van der Waals surface area contributed by atoms with Crippen molar-refractivity contribution in [3.63, 3.8) is 0 Å². The van der Waals surface area contributed by atoms with E-state index in [0.29, 0.717) is 6.61 Å². The summed E-state index contributed by atoms with van der Waals surface area (Å²) in [5.74, 6) is 0. The van der Waals surface area contributed by atoms with Gasteiger partial charge in [0.1, 0.15) is 6.61 Å². The summed E-state index contributed by atoms with van der Waals surface area (Å²) < 4.78 is 0. The topological polar surface area (TPSA) is 18.5 Å². The molecule has 0 aromatic heterocycles. The molecule has 0 heterocycles. The first-order chi connectivity index (χ1) is 5.62. The molecule has 0 fully saturated rings. The highest BCUT2D eigenvalue weighted by Crippen LogP contribution is 2.16. The van der Waals surface area contributed by atoms with Crippen LogP contribution in [0.1, 0.15) is 40.5 Å². The van der Waals surface area contributed by atoms with Gasteiger partial charge >= 0.3 is 0 Å². The van der Waals surface area contributed by atoms with Crippen molar-refractivity contribution in [2.75, 3.05) is 6.61 Å². The first kappa shape index (κ1) is 11.7. The lowest BCUT2D eigenvalue weighted by Crippen LogP contribution is -2.24. The third-order valence-corrected chi connectivity index (χ3v) is 1.54. The average molecular weight is 172 g/mol. The highest BCUT2D eigenvalue weighted by molar-refractivity contribution is 4.75. The highest BCUT2D eigenvalue weighted by atomic mass is 17.2. The van der Waals surface area contributed by atoms with E-state index in [0.717, 1.165) is 12.8 Å². The normalized spacial score (nSPS) is 12.7. The van der Waals surface area contributed by atoms with E-state index in [9.17, 15) is 0 Å². The van der Waals surface area contributed by atoms with Crippen LogP contribution in [0, 0.1) is 0 Å². The summed E-state index contributed by atoms with van der Waals surface area (Å²) in [6, 6.07) is 0. The predicted molar refractivity (Wildman–Crippen MR) is 50.8 cm³/mol. The van der Waals surface area contributed by atoms with Crippen molar-refractivity contribution in [1.29, 1.82) is 0 Å². The largest absolute Gasteiger partial charge is 0.232 e. The maximum Gasteiger partial charge on any atom is 0.100 e. The van der Waals surface area contributed by atoms with Crippen LogP contribution in [0.5, 0.6) is 0 Å². The summed E-state index contributed by atoms with van der Waals surface area (Å²) in [7, 11) is 0. The number of allylic oxidation sites excluding steroid dienone is 1. The third-order valence-electron chi connectivity index (χ3n) is 1.54. The molecular weight excluding hydrogens is 152 g/mol. The van der Waals surface area contributed by atoms with Crippen molar-refractivity contribution in [3.05, 3.63) is 12.2 Å². The molecule has 0 spiro atoms. The van der Waals surface area contributed by atoms with Crippen LogP contribution in [-0.2, 0) is 9.78 Å². The maximum absolute atomic E-state index is 5.22. The van der Waals surface area contributed by atoms with Crippen molar-refractivity contribution < 1.29 is 9.78 Å². The van der Waals surface area contributed by atoms with E-state index < -0.39 is 0 Å². The Labute approximate surface area is 75.5 Å². The smallest absolute Gasteiger partial charge is 0.100 e. The van der Waals surface area contributed by atoms with Gasteiger partial charge in [0.05, 0.1) is 5.60 Å². The SMILES string of the molecule is CC=CCOOC(C)(C)CCC. The molecule has 0 saturated carbocycles. The Kier molecular flexibility index (Phi) is 6.03. The summed E-state index contributed by atoms with van der Waals surface area (Å²) in [5, 5.41) is 0. The van der Waals surface area contributed by atoms with E-state index in [1.807, 2.05) is 32.9 Å². The fourth-order valence-corrected chi connectivity index (χ4v) is 0.973. The van der Waals surface area contributed by atoms with Crippen LogP contribution in [0.3, 0.4) is 0 Å². The van der Waals surface area contributed by atoms with Gasteiger partial charge in [-0.15, -0.1) is 0 Å². The zero-order valence-corrected chi connectivity index (χ0v) is 8.59. The summed E-state index contributed by atoms with van der Waals surface area (Å²) in [6.07, 6.45) is 5.99. The zero-order valence-electron chi connectivity index (χ0n) is 8.59. The minimum absolute atomic E-state index is 0.156. The Hall–Kier alpha value is -0.340. The molecular formula is C10H20O2. The van der Waals surface area contributed by atoms with Gasteiger partial charge in [0, 0.05) is 0 Å². The van der Waals surface area contributed by atoms with E-state index in [2.05, 4.69) is 6.92 Å². The summed E-state index contributed by atoms with van der Waals surface area (Å²) >= 11 is 0. The molecule has 0 aromatic carbocycles. The van der Waals surface area contributed by atoms with Gasteiger partial charge in [-0.25, -0.2) is 9.78 Å². The Balaban J connectivity index is 3.46. The number of hydrogen-bond donors (Lipinski definition) is 0. The van der Waals surface area contributed by atoms with Crippen molar-refractivity contribution >= 4 is 0 Å². The molecule has 0 atom stereocenters. The maximum atomic E-state index is 5.22. The number of rotatable bonds is 6. The van der Waals surface area contributed by atoms with Crippen LogP contribution >= 0.6 is 0 Å². The van der Waals surface area contributed by atoms with Crippen LogP contribution in [0.4, 0.5) is 0 Å². The average Bonchev–Trinajstić information content (AvgIpc) is 1.98. The molecule has 0 aromatic rings. The first-order valence-corrected chi connectivity index (χ1v) is 4.54. The van der Waals surface area contributed by atoms with Crippen LogP contribution < -0.4 is 0 Å². The van der Waals surface area contributed by atoms with Gasteiger partial charge in [-0.2, -0.15) is 0 Å². The number of hydrogen-bond acceptors (Lipinski definition) is 2. The third kappa shape index (κ3) is 6.38. The van der Waals surface area contributed by atoms with Gasteiger partial charge in [0.2, 0.25) is 0 Å². The van der Waals surface area contributed by atoms with Gasteiger partial charge < -0.3 is 0 Å². The van der Waals surface area contributed by atoms with Crippen molar-refractivity contribution in [1.82, 2.24) is 0 Å². The highest BCUT2D eigenvalue weighted by Gasteiger charge is 2.17. The Morgan fingerprint density at radius 1 is 1.33 bits per heavy atom. The minimum atomic E-state index is -0.156. The molecule has 0 radical (unpaired) electrons. The Bertz CT molecular complexity index is 128. The van der Waals surface area contributed by atoms with E-state index in [1.165, 1.54) is 0 Å². The molecule has 0 unspecified atom stereocenters. The van der Waals surface area contributed by atoms with E-state index in [-0.39, 0.29) is 5.60 Å². The quantitative estimate of drug-likeness (QED) is 0.265. The lowest BCUT2D eigenvalue weighted by molar-refractivity contribution is -0.348. The molecule has 0 aliphatic carbocycles. The zero-order chi connectivity index (χ0) is 9.45. The van der Waals surface area contributed by atoms with Crippen LogP contribution in [0.15, 0.2) is 12.2 Å². The molecule has 0 aliphatic heterocycles. The van der Waals surface area contributed by atoms with Crippen LogP contribution in [0.25, 0.3) is 0 Å². The van der Waals surface area contributed by atoms with Crippen molar-refractivity contribution in [3.8, 4) is 0 Å². The van der Waals surface area contributed by atoms with Crippen molar-refractivity contribution in [2.45, 2.75) is 46.1 Å². The molecule has 0 N–H and O–H groups in total. The standard InChI is InChI=1S/C10H20O2/c1-5-7-9-11-12-10(3,4)8-6-2/h5,7H,6,8-9H2,1-4H3.